The van der Waals surface area contributed by atoms with Crippen LogP contribution >= 0.6 is 0 Å². The molecule has 2 aromatic heterocycles. The quantitative estimate of drug-likeness (QED) is 0.661. The van der Waals surface area contributed by atoms with Gasteiger partial charge in [0.25, 0.3) is 0 Å². The maximum atomic E-state index is 12.5. The number of carbonyl (C=O) groups is 1. The van der Waals surface area contributed by atoms with E-state index in [-0.39, 0.29) is 18.0 Å². The molecule has 0 radical (unpaired) electrons. The first-order chi connectivity index (χ1) is 14.7. The molecule has 0 saturated carbocycles. The van der Waals surface area contributed by atoms with Crippen LogP contribution in [0.1, 0.15) is 54.4 Å². The summed E-state index contributed by atoms with van der Waals surface area (Å²) in [5, 5.41) is 13.8. The molecule has 2 N–H and O–H groups in total. The van der Waals surface area contributed by atoms with Crippen molar-refractivity contribution in [3.8, 4) is 11.4 Å². The lowest BCUT2D eigenvalue weighted by Crippen LogP contribution is -2.31. The van der Waals surface area contributed by atoms with Crippen LogP contribution in [0.15, 0.2) is 33.3 Å². The van der Waals surface area contributed by atoms with Crippen LogP contribution in [-0.4, -0.2) is 34.5 Å². The number of amides is 2. The van der Waals surface area contributed by atoms with Crippen LogP contribution in [0.25, 0.3) is 11.4 Å². The molecule has 2 amide bonds. The lowest BCUT2D eigenvalue weighted by atomic mass is 10.0. The number of aromatic nitrogens is 3. The fraction of sp³-hybridized carbons (Fsp3) is 0.429. The predicted octanol–water partition coefficient (Wildman–Crippen LogP) is 3.60. The molecule has 156 valence electrons. The van der Waals surface area contributed by atoms with Gasteiger partial charge in [-0.2, -0.15) is 4.98 Å². The number of nitrogens with zero attached hydrogens (tertiary/aromatic N) is 3. The van der Waals surface area contributed by atoms with Crippen LogP contribution < -0.4 is 10.6 Å². The number of aryl methyl sites for hydroxylation is 2. The van der Waals surface area contributed by atoms with E-state index in [4.69, 9.17) is 13.8 Å². The van der Waals surface area contributed by atoms with Crippen LogP contribution in [0.5, 0.6) is 0 Å². The second-order valence-electron chi connectivity index (χ2n) is 7.65. The molecule has 1 aromatic carbocycles. The largest absolute Gasteiger partial charge is 0.381 e. The molecule has 0 bridgehead atoms. The Labute approximate surface area is 173 Å². The van der Waals surface area contributed by atoms with E-state index in [9.17, 15) is 4.79 Å². The molecule has 3 aromatic rings. The summed E-state index contributed by atoms with van der Waals surface area (Å²) in [6.07, 6.45) is 3.34. The summed E-state index contributed by atoms with van der Waals surface area (Å²) in [6, 6.07) is 7.46. The fourth-order valence-corrected chi connectivity index (χ4v) is 4.04. The van der Waals surface area contributed by atoms with E-state index in [0.717, 1.165) is 42.7 Å². The van der Waals surface area contributed by atoms with E-state index in [0.29, 0.717) is 30.6 Å². The molecule has 3 heterocycles. The van der Waals surface area contributed by atoms with Crippen LogP contribution in [0.2, 0.25) is 0 Å². The third-order valence-corrected chi connectivity index (χ3v) is 5.67. The Balaban J connectivity index is 1.23. The van der Waals surface area contributed by atoms with Crippen molar-refractivity contribution in [1.82, 2.24) is 20.6 Å². The Morgan fingerprint density at radius 2 is 2.13 bits per heavy atom. The summed E-state index contributed by atoms with van der Waals surface area (Å²) in [5.74, 6) is 1.79. The van der Waals surface area contributed by atoms with Crippen molar-refractivity contribution in [2.45, 2.75) is 44.6 Å². The van der Waals surface area contributed by atoms with Crippen LogP contribution in [-0.2, 0) is 17.6 Å². The van der Waals surface area contributed by atoms with Crippen LogP contribution in [0.4, 0.5) is 10.7 Å². The van der Waals surface area contributed by atoms with Gasteiger partial charge in [0.05, 0.1) is 18.3 Å². The molecule has 1 unspecified atom stereocenters. The number of carbonyl (C=O) groups excluding carboxylic acids is 1. The Bertz CT molecular complexity index is 1050. The number of rotatable bonds is 5. The highest BCUT2D eigenvalue weighted by molar-refractivity contribution is 5.88. The lowest BCUT2D eigenvalue weighted by molar-refractivity contribution is 0.193. The number of fused-ring (bicyclic) bond motifs is 1. The number of ether oxygens (including phenoxy) is 1. The van der Waals surface area contributed by atoms with Gasteiger partial charge in [0.15, 0.2) is 0 Å². The Hall–Kier alpha value is -3.20. The fourth-order valence-electron chi connectivity index (χ4n) is 4.04. The Morgan fingerprint density at radius 1 is 1.20 bits per heavy atom. The van der Waals surface area contributed by atoms with Gasteiger partial charge in [-0.25, -0.2) is 4.79 Å². The summed E-state index contributed by atoms with van der Waals surface area (Å²) in [4.78, 5) is 16.9. The van der Waals surface area contributed by atoms with Crippen molar-refractivity contribution >= 4 is 11.9 Å². The third kappa shape index (κ3) is 3.68. The van der Waals surface area contributed by atoms with Crippen LogP contribution in [0, 0.1) is 0 Å². The molecule has 30 heavy (non-hydrogen) atoms. The monoisotopic (exact) mass is 409 g/mol. The standard InChI is InChI=1S/C21H23N5O4/c1-2-18-23-20(26-29-18)13-3-5-15-12(9-13)4-6-16(15)22-21(27)24-19-10-17(25-30-19)14-7-8-28-11-14/h3,5,9-10,14,16H,2,4,6-8,11H2,1H3,(H2,22,24,27)/t14?,16-/m1/s1. The average molecular weight is 409 g/mol. The topological polar surface area (TPSA) is 115 Å². The van der Waals surface area contributed by atoms with Crippen molar-refractivity contribution in [2.24, 2.45) is 0 Å². The maximum Gasteiger partial charge on any atom is 0.322 e. The third-order valence-electron chi connectivity index (χ3n) is 5.67. The normalized spacial score (nSPS) is 20.3. The van der Waals surface area contributed by atoms with E-state index < -0.39 is 0 Å². The van der Waals surface area contributed by atoms with Gasteiger partial charge in [-0.05, 0) is 36.5 Å². The molecular formula is C21H23N5O4. The Morgan fingerprint density at radius 3 is 2.93 bits per heavy atom. The lowest BCUT2D eigenvalue weighted by Gasteiger charge is -2.14. The number of nitrogens with one attached hydrogen (secondary N) is 2. The number of benzene rings is 1. The molecule has 1 aliphatic heterocycles. The van der Waals surface area contributed by atoms with Gasteiger partial charge < -0.3 is 19.1 Å². The maximum absolute atomic E-state index is 12.5. The van der Waals surface area contributed by atoms with Gasteiger partial charge in [0.1, 0.15) is 0 Å². The number of hydrogen-bond acceptors (Lipinski definition) is 7. The molecule has 2 atom stereocenters. The summed E-state index contributed by atoms with van der Waals surface area (Å²) in [6.45, 7) is 3.35. The first-order valence-electron chi connectivity index (χ1n) is 10.3. The van der Waals surface area contributed by atoms with Crippen LogP contribution in [0.3, 0.4) is 0 Å². The summed E-state index contributed by atoms with van der Waals surface area (Å²) < 4.78 is 15.8. The molecule has 0 spiro atoms. The highest BCUT2D eigenvalue weighted by Crippen LogP contribution is 2.34. The molecule has 9 nitrogen and oxygen atoms in total. The van der Waals surface area contributed by atoms with Crippen molar-refractivity contribution in [1.29, 1.82) is 0 Å². The van der Waals surface area contributed by atoms with Crippen molar-refractivity contribution < 1.29 is 18.6 Å². The Kier molecular flexibility index (Phi) is 4.96. The molecule has 2 aliphatic rings. The molecule has 1 fully saturated rings. The minimum Gasteiger partial charge on any atom is -0.381 e. The molecule has 1 saturated heterocycles. The van der Waals surface area contributed by atoms with E-state index in [1.807, 2.05) is 19.1 Å². The van der Waals surface area contributed by atoms with Gasteiger partial charge in [-0.3, -0.25) is 5.32 Å². The van der Waals surface area contributed by atoms with Crippen molar-refractivity contribution in [3.05, 3.63) is 47.0 Å². The average Bonchev–Trinajstić information content (AvgIpc) is 3.54. The number of urea groups is 1. The molecule has 5 rings (SSSR count). The van der Waals surface area contributed by atoms with Gasteiger partial charge in [-0.15, -0.1) is 0 Å². The highest BCUT2D eigenvalue weighted by atomic mass is 16.5. The zero-order chi connectivity index (χ0) is 20.5. The van der Waals surface area contributed by atoms with Gasteiger partial charge >= 0.3 is 6.03 Å². The van der Waals surface area contributed by atoms with E-state index in [2.05, 4.69) is 32.0 Å². The summed E-state index contributed by atoms with van der Waals surface area (Å²) in [5.41, 5.74) is 4.03. The number of hydrogen-bond donors (Lipinski definition) is 2. The molecule has 1 aliphatic carbocycles. The van der Waals surface area contributed by atoms with E-state index in [1.54, 1.807) is 6.07 Å². The predicted molar refractivity (Wildman–Crippen MR) is 107 cm³/mol. The first kappa shape index (κ1) is 18.8. The zero-order valence-corrected chi connectivity index (χ0v) is 16.7. The van der Waals surface area contributed by atoms with Gasteiger partial charge in [0, 0.05) is 30.6 Å². The van der Waals surface area contributed by atoms with Gasteiger partial charge in [0.2, 0.25) is 17.6 Å². The SMILES string of the molecule is CCc1nc(-c2ccc3c(c2)CC[C@H]3NC(=O)Nc2cc(C3CCOC3)no2)no1. The summed E-state index contributed by atoms with van der Waals surface area (Å²) in [7, 11) is 0. The van der Waals surface area contributed by atoms with Gasteiger partial charge in [-0.1, -0.05) is 29.4 Å². The minimum absolute atomic E-state index is 0.0591. The second-order valence-corrected chi connectivity index (χ2v) is 7.65. The molecular weight excluding hydrogens is 386 g/mol. The first-order valence-corrected chi connectivity index (χ1v) is 10.3. The minimum atomic E-state index is -0.312. The second kappa shape index (κ2) is 7.91. The summed E-state index contributed by atoms with van der Waals surface area (Å²) >= 11 is 0. The van der Waals surface area contributed by atoms with E-state index in [1.165, 1.54) is 5.56 Å². The smallest absolute Gasteiger partial charge is 0.322 e. The zero-order valence-electron chi connectivity index (χ0n) is 16.7. The van der Waals surface area contributed by atoms with Crippen molar-refractivity contribution in [3.63, 3.8) is 0 Å². The molecule has 9 heteroatoms. The highest BCUT2D eigenvalue weighted by Gasteiger charge is 2.26. The number of anilines is 1. The van der Waals surface area contributed by atoms with E-state index >= 15 is 0 Å². The van der Waals surface area contributed by atoms with Crippen molar-refractivity contribution in [2.75, 3.05) is 18.5 Å².